The minimum atomic E-state index is 0.434. The van der Waals surface area contributed by atoms with Gasteiger partial charge in [0.05, 0.1) is 11.4 Å². The van der Waals surface area contributed by atoms with E-state index in [1.807, 2.05) is 47.6 Å². The zero-order valence-corrected chi connectivity index (χ0v) is 28.2. The number of hydrogen-bond acceptors (Lipinski definition) is 5. The third-order valence-electron chi connectivity index (χ3n) is 4.99. The molecule has 1 N–H and O–H groups in total. The molecular weight excluding hydrogens is 618 g/mol. The zero-order chi connectivity index (χ0) is 27.8. The Morgan fingerprint density at radius 3 is 2.25 bits per heavy atom. The maximum absolute atomic E-state index is 6.36. The third kappa shape index (κ3) is 9.34. The summed E-state index contributed by atoms with van der Waals surface area (Å²) < 4.78 is 2.14. The second-order valence-corrected chi connectivity index (χ2v) is 10.4. The van der Waals surface area contributed by atoms with Crippen molar-refractivity contribution in [1.82, 2.24) is 4.98 Å². The Morgan fingerprint density at radius 1 is 1.14 bits per heavy atom. The normalized spacial score (nSPS) is 12.1. The molecule has 2 aromatic rings. The van der Waals surface area contributed by atoms with Crippen LogP contribution in [0.1, 0.15) is 74.3 Å². The van der Waals surface area contributed by atoms with Crippen LogP contribution < -0.4 is 9.99 Å². The Kier molecular flexibility index (Phi) is 18.5. The minimum absolute atomic E-state index is 0.434. The lowest BCUT2D eigenvalue weighted by atomic mass is 10.0. The number of aliphatic imine (C=N–C) groups is 1. The lowest BCUT2D eigenvalue weighted by Crippen LogP contribution is -2.12. The monoisotopic (exact) mass is 660 g/mol. The smallest absolute Gasteiger partial charge is 0.162 e. The number of halogens is 2. The number of rotatable bonds is 8. The quantitative estimate of drug-likeness (QED) is 0.101. The van der Waals surface area contributed by atoms with Gasteiger partial charge in [0.15, 0.2) is 5.82 Å². The van der Waals surface area contributed by atoms with Crippen LogP contribution in [0.5, 0.6) is 0 Å². The average molecular weight is 661 g/mol. The molecule has 0 fully saturated rings. The van der Waals surface area contributed by atoms with Gasteiger partial charge in [0, 0.05) is 23.9 Å². The summed E-state index contributed by atoms with van der Waals surface area (Å²) in [6.45, 7) is 23.1. The molecule has 1 aromatic heterocycles. The fraction of sp³-hybridized carbons (Fsp3) is 0.429. The van der Waals surface area contributed by atoms with Gasteiger partial charge in [-0.05, 0) is 91.0 Å². The van der Waals surface area contributed by atoms with Gasteiger partial charge in [-0.3, -0.25) is 4.99 Å². The number of hydrogen-bond donors (Lipinski definition) is 1. The van der Waals surface area contributed by atoms with Gasteiger partial charge >= 0.3 is 0 Å². The van der Waals surface area contributed by atoms with Gasteiger partial charge in [0.2, 0.25) is 0 Å². The zero-order valence-electron chi connectivity index (χ0n) is 23.5. The van der Waals surface area contributed by atoms with Crippen LogP contribution in [0.3, 0.4) is 0 Å². The van der Waals surface area contributed by atoms with E-state index in [0.29, 0.717) is 11.5 Å². The Balaban J connectivity index is 0.00000190. The van der Waals surface area contributed by atoms with Crippen LogP contribution in [-0.2, 0) is 0 Å². The highest BCUT2D eigenvalue weighted by Gasteiger charge is 2.18. The summed E-state index contributed by atoms with van der Waals surface area (Å²) in [4.78, 5) is 9.97. The van der Waals surface area contributed by atoms with Gasteiger partial charge in [-0.1, -0.05) is 70.9 Å². The second kappa shape index (κ2) is 19.1. The van der Waals surface area contributed by atoms with Gasteiger partial charge in [0.25, 0.3) is 0 Å². The van der Waals surface area contributed by atoms with E-state index in [0.717, 1.165) is 35.8 Å². The van der Waals surface area contributed by atoms with Crippen LogP contribution in [0.4, 0.5) is 22.9 Å². The first kappa shape index (κ1) is 34.9. The molecule has 3 rings (SSSR count). The van der Waals surface area contributed by atoms with Crippen molar-refractivity contribution < 1.29 is 0 Å². The number of nitrogens with one attached hydrogen (secondary N) is 1. The molecule has 1 atom stereocenters. The summed E-state index contributed by atoms with van der Waals surface area (Å²) in [5.41, 5.74) is 7.98. The maximum Gasteiger partial charge on any atom is 0.162 e. The van der Waals surface area contributed by atoms with Gasteiger partial charge in [-0.25, -0.2) is 4.98 Å². The highest BCUT2D eigenvalue weighted by atomic mass is 127. The molecule has 200 valence electrons. The van der Waals surface area contributed by atoms with Crippen molar-refractivity contribution in [3.8, 4) is 0 Å². The maximum atomic E-state index is 6.36. The summed E-state index contributed by atoms with van der Waals surface area (Å²) in [7, 11) is 0. The topological polar surface area (TPSA) is 40.5 Å². The average Bonchev–Trinajstić information content (AvgIpc) is 3.26. The molecule has 1 aliphatic rings. The van der Waals surface area contributed by atoms with Crippen molar-refractivity contribution in [2.75, 3.05) is 22.8 Å². The molecule has 0 radical (unpaired) electrons. The van der Waals surface area contributed by atoms with Crippen LogP contribution in [0.15, 0.2) is 51.4 Å². The van der Waals surface area contributed by atoms with Gasteiger partial charge in [-0.15, -0.1) is 11.8 Å². The van der Waals surface area contributed by atoms with Crippen LogP contribution in [-0.4, -0.2) is 24.5 Å². The van der Waals surface area contributed by atoms with Crippen molar-refractivity contribution in [2.24, 2.45) is 4.99 Å². The van der Waals surface area contributed by atoms with Gasteiger partial charge < -0.3 is 9.99 Å². The molecule has 0 saturated carbocycles. The van der Waals surface area contributed by atoms with E-state index in [2.05, 4.69) is 100 Å². The number of nitrogens with zero attached hydrogens (tertiary/aromatic N) is 3. The van der Waals surface area contributed by atoms with E-state index in [-0.39, 0.29) is 0 Å². The summed E-state index contributed by atoms with van der Waals surface area (Å²) in [5.74, 6) is 0.755. The largest absolute Gasteiger partial charge is 0.353 e. The Morgan fingerprint density at radius 2 is 1.78 bits per heavy atom. The molecule has 0 saturated heterocycles. The molecule has 1 heterocycles. The summed E-state index contributed by atoms with van der Waals surface area (Å²) in [6.07, 6.45) is 5.92. The minimum Gasteiger partial charge on any atom is -0.353 e. The molecular formula is C28H43ClIN4PS. The fourth-order valence-electron chi connectivity index (χ4n) is 3.57. The molecule has 8 heteroatoms. The highest BCUT2D eigenvalue weighted by Crippen LogP contribution is 2.44. The molecule has 4 nitrogen and oxygen atoms in total. The molecule has 1 aliphatic carbocycles. The van der Waals surface area contributed by atoms with Crippen LogP contribution >= 0.6 is 51.8 Å². The SMILES string of the molecule is C=Nc1c(Nc2ccc(C3=C(C)C=C(C)C3)cc2SC)cc(Cl)nc1N(CC)PI.CC.CC.CC. The summed E-state index contributed by atoms with van der Waals surface area (Å²) >= 11 is 10.4. The molecule has 36 heavy (non-hydrogen) atoms. The first-order valence-corrected chi connectivity index (χ1v) is 18.2. The molecule has 0 spiro atoms. The third-order valence-corrected chi connectivity index (χ3v) is 8.44. The Hall–Kier alpha value is -1.08. The number of anilines is 3. The second-order valence-electron chi connectivity index (χ2n) is 7.02. The van der Waals surface area contributed by atoms with Crippen LogP contribution in [0.25, 0.3) is 5.57 Å². The molecule has 0 amide bonds. The van der Waals surface area contributed by atoms with E-state index in [1.165, 1.54) is 27.2 Å². The number of thioether (sulfide) groups is 1. The van der Waals surface area contributed by atoms with Gasteiger partial charge in [0.1, 0.15) is 10.8 Å². The van der Waals surface area contributed by atoms with Crippen molar-refractivity contribution >= 4 is 86.9 Å². The van der Waals surface area contributed by atoms with E-state index in [1.54, 1.807) is 11.8 Å². The molecule has 1 unspecified atom stereocenters. The molecule has 1 aromatic carbocycles. The van der Waals surface area contributed by atoms with Crippen LogP contribution in [0, 0.1) is 0 Å². The lowest BCUT2D eigenvalue weighted by molar-refractivity contribution is 1.07. The Labute approximate surface area is 244 Å². The van der Waals surface area contributed by atoms with Gasteiger partial charge in [-0.2, -0.15) is 0 Å². The summed E-state index contributed by atoms with van der Waals surface area (Å²) in [5, 5.41) is 3.96. The highest BCUT2D eigenvalue weighted by molar-refractivity contribution is 14.2. The van der Waals surface area contributed by atoms with Crippen molar-refractivity contribution in [3.63, 3.8) is 0 Å². The first-order valence-electron chi connectivity index (χ1n) is 12.5. The summed E-state index contributed by atoms with van der Waals surface area (Å²) in [6, 6.07) is 8.39. The predicted octanol–water partition coefficient (Wildman–Crippen LogP) is 11.5. The van der Waals surface area contributed by atoms with E-state index < -0.39 is 0 Å². The van der Waals surface area contributed by atoms with Crippen molar-refractivity contribution in [3.05, 3.63) is 52.2 Å². The van der Waals surface area contributed by atoms with E-state index in [9.17, 15) is 0 Å². The standard InChI is InChI=1S/C22H25ClIN4PS.3C2H6/c1-6-28(29-24)22-21(25-4)18(12-20(23)27-22)26-17-8-7-15(11-19(17)30-5)16-10-13(2)9-14(16)3;3*1-2/h7-9,11-12,29H,4,6,10H2,1-3,5H3,(H,26,27);3*1-2H3. The number of pyridine rings is 1. The first-order chi connectivity index (χ1) is 17.4. The fourth-order valence-corrected chi connectivity index (χ4v) is 6.40. The van der Waals surface area contributed by atoms with Crippen molar-refractivity contribution in [1.29, 1.82) is 0 Å². The molecule has 0 aliphatic heterocycles. The van der Waals surface area contributed by atoms with E-state index in [4.69, 9.17) is 11.6 Å². The number of aromatic nitrogens is 1. The number of allylic oxidation sites excluding steroid dienone is 4. The number of benzene rings is 1. The predicted molar refractivity (Wildman–Crippen MR) is 180 cm³/mol. The van der Waals surface area contributed by atoms with Crippen LogP contribution in [0.2, 0.25) is 5.15 Å². The van der Waals surface area contributed by atoms with E-state index >= 15 is 0 Å². The Bertz CT molecular complexity index is 1040. The molecule has 0 bridgehead atoms. The van der Waals surface area contributed by atoms with Crippen molar-refractivity contribution in [2.45, 2.75) is 73.6 Å². The lowest BCUT2D eigenvalue weighted by Gasteiger charge is -2.22.